The average Bonchev–Trinajstić information content (AvgIpc) is 2.80. The molecule has 1 amide bonds. The Balaban J connectivity index is 1.79. The summed E-state index contributed by atoms with van der Waals surface area (Å²) in [5, 5.41) is 0. The van der Waals surface area contributed by atoms with Gasteiger partial charge in [0.15, 0.2) is 0 Å². The minimum Gasteiger partial charge on any atom is -0.491 e. The third-order valence-corrected chi connectivity index (χ3v) is 5.04. The lowest BCUT2D eigenvalue weighted by molar-refractivity contribution is -0.114. The van der Waals surface area contributed by atoms with Crippen molar-refractivity contribution < 1.29 is 14.3 Å². The van der Waals surface area contributed by atoms with Gasteiger partial charge in [0.25, 0.3) is 11.7 Å². The Morgan fingerprint density at radius 3 is 2.54 bits per heavy atom. The molecule has 1 aliphatic rings. The average molecular weight is 416 g/mol. The highest BCUT2D eigenvalue weighted by Gasteiger charge is 2.37. The van der Waals surface area contributed by atoms with E-state index in [4.69, 9.17) is 4.74 Å². The summed E-state index contributed by atoms with van der Waals surface area (Å²) in [6.07, 6.45) is 0. The van der Waals surface area contributed by atoms with Crippen LogP contribution in [0, 0.1) is 13.8 Å². The second-order valence-corrected chi connectivity index (χ2v) is 7.86. The van der Waals surface area contributed by atoms with Gasteiger partial charge in [-0.2, -0.15) is 0 Å². The lowest BCUT2D eigenvalue weighted by Crippen LogP contribution is -2.33. The van der Waals surface area contributed by atoms with Crippen LogP contribution in [0.5, 0.6) is 5.75 Å². The fraction of sp³-hybridized carbons (Fsp3) is 0.333. The van der Waals surface area contributed by atoms with Gasteiger partial charge in [-0.15, -0.1) is 0 Å². The van der Waals surface area contributed by atoms with Crippen molar-refractivity contribution in [1.29, 1.82) is 0 Å². The van der Waals surface area contributed by atoms with E-state index in [1.54, 1.807) is 6.07 Å². The molecule has 0 fully saturated rings. The molecule has 0 saturated carbocycles. The Labute approximate surface area is 162 Å². The first-order valence-electron chi connectivity index (χ1n) is 8.69. The van der Waals surface area contributed by atoms with Crippen LogP contribution in [0.25, 0.3) is 0 Å². The fourth-order valence-electron chi connectivity index (χ4n) is 3.31. The zero-order chi connectivity index (χ0) is 19.0. The summed E-state index contributed by atoms with van der Waals surface area (Å²) in [5.74, 6) is 0.243. The molecule has 0 aliphatic carbocycles. The van der Waals surface area contributed by atoms with Crippen molar-refractivity contribution >= 4 is 33.3 Å². The van der Waals surface area contributed by atoms with Crippen molar-refractivity contribution in [1.82, 2.24) is 0 Å². The van der Waals surface area contributed by atoms with E-state index in [-0.39, 0.29) is 0 Å². The summed E-state index contributed by atoms with van der Waals surface area (Å²) in [6, 6.07) is 9.79. The second kappa shape index (κ2) is 7.23. The standard InChI is InChI=1S/C21H22BrNO3/c1-12(2)16-6-5-13(3)9-18(16)26-8-7-23-19-14(4)10-15(22)11-17(19)20(24)21(23)25/h5-6,9-12H,7-8H2,1-4H3. The van der Waals surface area contributed by atoms with Gasteiger partial charge in [-0.25, -0.2) is 0 Å². The molecule has 0 N–H and O–H groups in total. The molecular weight excluding hydrogens is 394 g/mol. The molecule has 136 valence electrons. The van der Waals surface area contributed by atoms with Gasteiger partial charge in [0.1, 0.15) is 12.4 Å². The van der Waals surface area contributed by atoms with Crippen LogP contribution in [-0.2, 0) is 4.79 Å². The Bertz CT molecular complexity index is 889. The predicted octanol–water partition coefficient (Wildman–Crippen LogP) is 4.80. The molecule has 0 bridgehead atoms. The van der Waals surface area contributed by atoms with Gasteiger partial charge in [-0.1, -0.05) is 41.9 Å². The Hall–Kier alpha value is -2.14. The van der Waals surface area contributed by atoms with Crippen LogP contribution in [0.4, 0.5) is 5.69 Å². The zero-order valence-electron chi connectivity index (χ0n) is 15.4. The molecule has 2 aromatic carbocycles. The van der Waals surface area contributed by atoms with Crippen LogP contribution >= 0.6 is 15.9 Å². The number of hydrogen-bond donors (Lipinski definition) is 0. The number of hydrogen-bond acceptors (Lipinski definition) is 3. The van der Waals surface area contributed by atoms with Crippen molar-refractivity contribution in [3.63, 3.8) is 0 Å². The number of carbonyl (C=O) groups excluding carboxylic acids is 2. The topological polar surface area (TPSA) is 46.6 Å². The number of fused-ring (bicyclic) bond motifs is 1. The van der Waals surface area contributed by atoms with E-state index in [0.29, 0.717) is 30.3 Å². The largest absolute Gasteiger partial charge is 0.491 e. The van der Waals surface area contributed by atoms with E-state index in [9.17, 15) is 9.59 Å². The van der Waals surface area contributed by atoms with Gasteiger partial charge < -0.3 is 9.64 Å². The molecule has 5 heteroatoms. The Morgan fingerprint density at radius 2 is 1.85 bits per heavy atom. The normalized spacial score (nSPS) is 13.5. The quantitative estimate of drug-likeness (QED) is 0.658. The van der Waals surface area contributed by atoms with Gasteiger partial charge in [0, 0.05) is 4.47 Å². The molecule has 0 radical (unpaired) electrons. The molecule has 0 atom stereocenters. The molecule has 0 spiro atoms. The van der Waals surface area contributed by atoms with Crippen LogP contribution in [0.2, 0.25) is 0 Å². The highest BCUT2D eigenvalue weighted by atomic mass is 79.9. The highest BCUT2D eigenvalue weighted by molar-refractivity contribution is 9.10. The van der Waals surface area contributed by atoms with Gasteiger partial charge in [-0.05, 0) is 54.7 Å². The van der Waals surface area contributed by atoms with Crippen LogP contribution in [-0.4, -0.2) is 24.8 Å². The van der Waals surface area contributed by atoms with Crippen molar-refractivity contribution in [2.45, 2.75) is 33.6 Å². The van der Waals surface area contributed by atoms with Crippen molar-refractivity contribution in [2.75, 3.05) is 18.1 Å². The number of carbonyl (C=O) groups is 2. The van der Waals surface area contributed by atoms with Gasteiger partial charge >= 0.3 is 0 Å². The van der Waals surface area contributed by atoms with E-state index in [1.807, 2.05) is 26.0 Å². The van der Waals surface area contributed by atoms with Gasteiger partial charge in [0.2, 0.25) is 0 Å². The SMILES string of the molecule is Cc1ccc(C(C)C)c(OCCN2C(=O)C(=O)c3cc(Br)cc(C)c32)c1. The highest BCUT2D eigenvalue weighted by Crippen LogP contribution is 2.35. The summed E-state index contributed by atoms with van der Waals surface area (Å²) in [5.41, 5.74) is 4.32. The number of benzene rings is 2. The molecule has 1 aliphatic heterocycles. The van der Waals surface area contributed by atoms with Gasteiger partial charge in [-0.3, -0.25) is 9.59 Å². The minimum absolute atomic E-state index is 0.330. The van der Waals surface area contributed by atoms with E-state index in [0.717, 1.165) is 26.9 Å². The third kappa shape index (κ3) is 3.40. The van der Waals surface area contributed by atoms with Crippen LogP contribution in [0.3, 0.4) is 0 Å². The van der Waals surface area contributed by atoms with Gasteiger partial charge in [0.05, 0.1) is 17.8 Å². The smallest absolute Gasteiger partial charge is 0.299 e. The number of ether oxygens (including phenoxy) is 1. The molecule has 0 saturated heterocycles. The maximum absolute atomic E-state index is 12.4. The number of aryl methyl sites for hydroxylation is 2. The molecule has 1 heterocycles. The van der Waals surface area contributed by atoms with Crippen molar-refractivity contribution in [3.05, 3.63) is 57.1 Å². The minimum atomic E-state index is -0.488. The van der Waals surface area contributed by atoms with Crippen molar-refractivity contribution in [3.8, 4) is 5.75 Å². The summed E-state index contributed by atoms with van der Waals surface area (Å²) in [4.78, 5) is 26.2. The van der Waals surface area contributed by atoms with Crippen LogP contribution < -0.4 is 9.64 Å². The first kappa shape index (κ1) is 18.6. The molecule has 0 aromatic heterocycles. The number of rotatable bonds is 5. The number of ketones is 1. The summed E-state index contributed by atoms with van der Waals surface area (Å²) >= 11 is 3.39. The number of anilines is 1. The van der Waals surface area contributed by atoms with Crippen molar-refractivity contribution in [2.24, 2.45) is 0 Å². The Morgan fingerprint density at radius 1 is 1.12 bits per heavy atom. The van der Waals surface area contributed by atoms with E-state index >= 15 is 0 Å². The lowest BCUT2D eigenvalue weighted by Gasteiger charge is -2.20. The van der Waals surface area contributed by atoms with E-state index in [1.165, 1.54) is 4.90 Å². The molecular formula is C21H22BrNO3. The number of nitrogens with zero attached hydrogens (tertiary/aromatic N) is 1. The zero-order valence-corrected chi connectivity index (χ0v) is 17.0. The number of Topliss-reactive ketones (excluding diaryl/α,β-unsaturated/α-hetero) is 1. The first-order valence-corrected chi connectivity index (χ1v) is 9.48. The number of halogens is 1. The third-order valence-electron chi connectivity index (χ3n) is 4.58. The fourth-order valence-corrected chi connectivity index (χ4v) is 3.88. The van der Waals surface area contributed by atoms with Crippen LogP contribution in [0.15, 0.2) is 34.8 Å². The predicted molar refractivity (Wildman–Crippen MR) is 106 cm³/mol. The first-order chi connectivity index (χ1) is 12.3. The molecule has 3 rings (SSSR count). The summed E-state index contributed by atoms with van der Waals surface area (Å²) < 4.78 is 6.79. The Kier molecular flexibility index (Phi) is 5.19. The molecule has 0 unspecified atom stereocenters. The number of amides is 1. The lowest BCUT2D eigenvalue weighted by atomic mass is 10.0. The monoisotopic (exact) mass is 415 g/mol. The molecule has 2 aromatic rings. The summed E-state index contributed by atoms with van der Waals surface area (Å²) in [6.45, 7) is 8.84. The van der Waals surface area contributed by atoms with Crippen LogP contribution in [0.1, 0.15) is 46.8 Å². The summed E-state index contributed by atoms with van der Waals surface area (Å²) in [7, 11) is 0. The maximum atomic E-state index is 12.4. The van der Waals surface area contributed by atoms with E-state index < -0.39 is 11.7 Å². The van der Waals surface area contributed by atoms with E-state index in [2.05, 4.69) is 41.9 Å². The second-order valence-electron chi connectivity index (χ2n) is 6.95. The molecule has 26 heavy (non-hydrogen) atoms. The maximum Gasteiger partial charge on any atom is 0.299 e. The molecule has 4 nitrogen and oxygen atoms in total.